The largest absolute Gasteiger partial charge is 0.247 e. The van der Waals surface area contributed by atoms with Gasteiger partial charge in [-0.15, -0.1) is 0 Å². The highest BCUT2D eigenvalue weighted by Crippen LogP contribution is 2.43. The normalized spacial score (nSPS) is 17.4. The minimum atomic E-state index is -1.01. The predicted octanol–water partition coefficient (Wildman–Crippen LogP) is 5.37. The second kappa shape index (κ2) is 6.53. The van der Waals surface area contributed by atoms with E-state index in [9.17, 15) is 4.21 Å². The van der Waals surface area contributed by atoms with Crippen LogP contribution in [-0.2, 0) is 14.6 Å². The van der Waals surface area contributed by atoms with Gasteiger partial charge in [-0.1, -0.05) is 48.6 Å². The highest BCUT2D eigenvalue weighted by molar-refractivity contribution is 8.70. The van der Waals surface area contributed by atoms with E-state index in [0.29, 0.717) is 0 Å². The van der Waals surface area contributed by atoms with Gasteiger partial charge in [0.2, 0.25) is 0 Å². The SMILES string of the molecule is CC(C)(S[S@@](=O)C(C)(C)c1ccccc1)C1=CCCC=C1. The zero-order valence-electron chi connectivity index (χ0n) is 13.3. The molecule has 0 fully saturated rings. The maximum atomic E-state index is 12.9. The van der Waals surface area contributed by atoms with Crippen LogP contribution in [0, 0.1) is 0 Å². The van der Waals surface area contributed by atoms with Gasteiger partial charge < -0.3 is 0 Å². The van der Waals surface area contributed by atoms with Crippen LogP contribution in [0.2, 0.25) is 0 Å². The molecule has 3 heteroatoms. The van der Waals surface area contributed by atoms with Gasteiger partial charge >= 0.3 is 0 Å². The van der Waals surface area contributed by atoms with E-state index in [2.05, 4.69) is 58.1 Å². The minimum Gasteiger partial charge on any atom is -0.247 e. The number of allylic oxidation sites excluding steroid dienone is 3. The maximum Gasteiger partial charge on any atom is 0.0914 e. The van der Waals surface area contributed by atoms with Gasteiger partial charge in [0, 0.05) is 4.75 Å². The van der Waals surface area contributed by atoms with E-state index in [4.69, 9.17) is 0 Å². The molecular weight excluding hydrogens is 296 g/mol. The van der Waals surface area contributed by atoms with Crippen molar-refractivity contribution in [2.75, 3.05) is 0 Å². The fraction of sp³-hybridized carbons (Fsp3) is 0.444. The molecule has 1 nitrogen and oxygen atoms in total. The van der Waals surface area contributed by atoms with Crippen LogP contribution < -0.4 is 0 Å². The van der Waals surface area contributed by atoms with Crippen LogP contribution in [-0.4, -0.2) is 8.96 Å². The predicted molar refractivity (Wildman–Crippen MR) is 95.7 cm³/mol. The summed E-state index contributed by atoms with van der Waals surface area (Å²) >= 11 is 0. The number of hydrogen-bond acceptors (Lipinski definition) is 2. The molecule has 0 saturated carbocycles. The Morgan fingerprint density at radius 1 is 1.05 bits per heavy atom. The van der Waals surface area contributed by atoms with E-state index in [1.165, 1.54) is 5.57 Å². The van der Waals surface area contributed by atoms with Crippen molar-refractivity contribution in [2.24, 2.45) is 0 Å². The van der Waals surface area contributed by atoms with E-state index in [1.807, 2.05) is 18.2 Å². The van der Waals surface area contributed by atoms with Crippen LogP contribution >= 0.6 is 10.8 Å². The second-order valence-corrected chi connectivity index (χ2v) is 10.4. The summed E-state index contributed by atoms with van der Waals surface area (Å²) in [5, 5.41) is 0. The summed E-state index contributed by atoms with van der Waals surface area (Å²) in [6, 6.07) is 10.1. The molecule has 0 saturated heterocycles. The van der Waals surface area contributed by atoms with Gasteiger partial charge in [-0.3, -0.25) is 0 Å². The zero-order chi connectivity index (χ0) is 15.5. The Morgan fingerprint density at radius 3 is 2.29 bits per heavy atom. The van der Waals surface area contributed by atoms with Crippen molar-refractivity contribution >= 4 is 20.6 Å². The molecule has 0 bridgehead atoms. The molecule has 1 aliphatic carbocycles. The van der Waals surface area contributed by atoms with Crippen LogP contribution in [0.1, 0.15) is 46.1 Å². The Morgan fingerprint density at radius 2 is 1.71 bits per heavy atom. The quantitative estimate of drug-likeness (QED) is 0.678. The Balaban J connectivity index is 2.17. The molecule has 1 aliphatic rings. The topological polar surface area (TPSA) is 17.1 Å². The van der Waals surface area contributed by atoms with E-state index in [-0.39, 0.29) is 9.49 Å². The summed E-state index contributed by atoms with van der Waals surface area (Å²) in [6.45, 7) is 8.45. The fourth-order valence-corrected chi connectivity index (χ4v) is 5.84. The molecule has 0 radical (unpaired) electrons. The minimum absolute atomic E-state index is 0.131. The fourth-order valence-electron chi connectivity index (χ4n) is 2.34. The molecule has 0 unspecified atom stereocenters. The highest BCUT2D eigenvalue weighted by Gasteiger charge is 2.35. The van der Waals surface area contributed by atoms with Crippen LogP contribution in [0.3, 0.4) is 0 Å². The molecule has 0 aliphatic heterocycles. The van der Waals surface area contributed by atoms with Crippen molar-refractivity contribution in [1.29, 1.82) is 0 Å². The van der Waals surface area contributed by atoms with Gasteiger partial charge in [0.25, 0.3) is 0 Å². The average molecular weight is 321 g/mol. The highest BCUT2D eigenvalue weighted by atomic mass is 33.1. The smallest absolute Gasteiger partial charge is 0.0914 e. The molecule has 1 aromatic rings. The Labute approximate surface area is 134 Å². The molecule has 21 heavy (non-hydrogen) atoms. The molecule has 0 heterocycles. The third-order valence-corrected chi connectivity index (χ3v) is 8.69. The Hall–Kier alpha value is -0.800. The van der Waals surface area contributed by atoms with Gasteiger partial charge in [0.1, 0.15) is 0 Å². The summed E-state index contributed by atoms with van der Waals surface area (Å²) in [6.07, 6.45) is 8.87. The molecule has 1 atom stereocenters. The third-order valence-electron chi connectivity index (χ3n) is 3.86. The number of benzene rings is 1. The maximum absolute atomic E-state index is 12.9. The van der Waals surface area contributed by atoms with Crippen molar-refractivity contribution < 1.29 is 4.21 Å². The van der Waals surface area contributed by atoms with Gasteiger partial charge in [0.15, 0.2) is 0 Å². The van der Waals surface area contributed by atoms with E-state index < -0.39 is 9.83 Å². The van der Waals surface area contributed by atoms with Crippen LogP contribution in [0.5, 0.6) is 0 Å². The van der Waals surface area contributed by atoms with E-state index >= 15 is 0 Å². The average Bonchev–Trinajstić information content (AvgIpc) is 2.48. The number of rotatable bonds is 5. The monoisotopic (exact) mass is 320 g/mol. The molecular formula is C18H24OS2. The van der Waals surface area contributed by atoms with Crippen molar-refractivity contribution in [3.8, 4) is 0 Å². The lowest BCUT2D eigenvalue weighted by Crippen LogP contribution is -2.27. The van der Waals surface area contributed by atoms with Gasteiger partial charge in [0.05, 0.1) is 14.6 Å². The van der Waals surface area contributed by atoms with Gasteiger partial charge in [-0.05, 0) is 62.5 Å². The first-order valence-electron chi connectivity index (χ1n) is 7.38. The third kappa shape index (κ3) is 3.89. The Kier molecular flexibility index (Phi) is 5.15. The molecule has 0 spiro atoms. The van der Waals surface area contributed by atoms with E-state index in [0.717, 1.165) is 18.4 Å². The molecule has 0 N–H and O–H groups in total. The zero-order valence-corrected chi connectivity index (χ0v) is 14.9. The summed E-state index contributed by atoms with van der Waals surface area (Å²) in [4.78, 5) is 0. The number of hydrogen-bond donors (Lipinski definition) is 0. The lowest BCUT2D eigenvalue weighted by Gasteiger charge is -2.31. The Bertz CT molecular complexity index is 568. The lowest BCUT2D eigenvalue weighted by molar-refractivity contribution is 0.654. The molecule has 1 aromatic carbocycles. The van der Waals surface area contributed by atoms with Crippen molar-refractivity contribution in [2.45, 2.75) is 50.0 Å². The van der Waals surface area contributed by atoms with Crippen molar-refractivity contribution in [3.63, 3.8) is 0 Å². The van der Waals surface area contributed by atoms with Crippen LogP contribution in [0.15, 0.2) is 54.1 Å². The molecule has 2 rings (SSSR count). The standard InChI is InChI=1S/C18H24OS2/c1-17(2,15-11-7-5-8-12-15)20-21(19)18(3,4)16-13-9-6-10-14-16/h6-7,9-14H,5,8H2,1-4H3/t21-/m1/s1. The summed E-state index contributed by atoms with van der Waals surface area (Å²) in [5.74, 6) is 0. The van der Waals surface area contributed by atoms with Crippen molar-refractivity contribution in [1.82, 2.24) is 0 Å². The van der Waals surface area contributed by atoms with Crippen LogP contribution in [0.25, 0.3) is 0 Å². The van der Waals surface area contributed by atoms with Gasteiger partial charge in [-0.2, -0.15) is 0 Å². The lowest BCUT2D eigenvalue weighted by atomic mass is 9.96. The first-order chi connectivity index (χ1) is 9.84. The van der Waals surface area contributed by atoms with Crippen LogP contribution in [0.4, 0.5) is 0 Å². The summed E-state index contributed by atoms with van der Waals surface area (Å²) in [5.41, 5.74) is 2.41. The first-order valence-corrected chi connectivity index (χ1v) is 9.86. The first kappa shape index (κ1) is 16.6. The molecule has 114 valence electrons. The van der Waals surface area contributed by atoms with Crippen molar-refractivity contribution in [3.05, 3.63) is 59.7 Å². The van der Waals surface area contributed by atoms with E-state index in [1.54, 1.807) is 10.8 Å². The second-order valence-electron chi connectivity index (χ2n) is 6.34. The van der Waals surface area contributed by atoms with Gasteiger partial charge in [-0.25, -0.2) is 4.21 Å². The molecule has 0 amide bonds. The molecule has 0 aromatic heterocycles. The summed E-state index contributed by atoms with van der Waals surface area (Å²) in [7, 11) is 0.552. The summed E-state index contributed by atoms with van der Waals surface area (Å²) < 4.78 is 12.5.